The summed E-state index contributed by atoms with van der Waals surface area (Å²) in [5, 5.41) is 57.0. The van der Waals surface area contributed by atoms with Crippen LogP contribution in [-0.2, 0) is 56.8 Å². The van der Waals surface area contributed by atoms with Gasteiger partial charge in [0.15, 0.2) is 52.0 Å². The number of carbonyl (C=O) groups excluding carboxylic acids is 3. The number of aliphatic hydroxyl groups excluding tert-OH is 2. The first-order chi connectivity index (χ1) is 31.7. The summed E-state index contributed by atoms with van der Waals surface area (Å²) in [4.78, 5) is 67.8. The quantitative estimate of drug-likeness (QED) is 0.186. The molecule has 8 aliphatic rings. The van der Waals surface area contributed by atoms with E-state index < -0.39 is 80.7 Å². The minimum atomic E-state index is -2.18. The van der Waals surface area contributed by atoms with E-state index in [4.69, 9.17) is 14.2 Å². The maximum Gasteiger partial charge on any atom is 0.332 e. The minimum Gasteiger partial charge on any atom is -0.504 e. The molecule has 1 aromatic carbocycles. The van der Waals surface area contributed by atoms with Gasteiger partial charge in [0.25, 0.3) is 5.56 Å². The number of hydrogen-bond donors (Lipinski definition) is 5. The Hall–Kier alpha value is -4.72. The fraction of sp³-hybridized carbons (Fsp3) is 0.680. The molecule has 2 bridgehead atoms. The number of aromatic nitrogens is 4. The number of Topliss-reactive ketones (excluding diaryl/α,β-unsaturated/α-hetero) is 2. The average Bonchev–Trinajstić information content (AvgIpc) is 3.90. The van der Waals surface area contributed by atoms with Gasteiger partial charge < -0.3 is 44.3 Å². The van der Waals surface area contributed by atoms with E-state index in [2.05, 4.69) is 16.5 Å². The lowest BCUT2D eigenvalue weighted by Crippen LogP contribution is -2.86. The van der Waals surface area contributed by atoms with E-state index in [1.165, 1.54) is 50.7 Å². The number of piperidine rings is 1. The number of esters is 1. The van der Waals surface area contributed by atoms with Crippen molar-refractivity contribution in [1.82, 2.24) is 23.6 Å². The maximum absolute atomic E-state index is 13.6. The van der Waals surface area contributed by atoms with Crippen LogP contribution in [0, 0.1) is 22.7 Å². The summed E-state index contributed by atoms with van der Waals surface area (Å²) >= 11 is 0. The van der Waals surface area contributed by atoms with Crippen LogP contribution in [0.15, 0.2) is 40.7 Å². The number of nitrogens with zero attached hydrogens (tertiary/aromatic N) is 5. The van der Waals surface area contributed by atoms with Crippen molar-refractivity contribution in [3.05, 3.63) is 63.1 Å². The zero-order chi connectivity index (χ0) is 49.6. The molecule has 370 valence electrons. The number of phenols is 1. The molecular formula is C50H67N5O13. The Labute approximate surface area is 394 Å². The highest BCUT2D eigenvalue weighted by Gasteiger charge is 2.81. The van der Waals surface area contributed by atoms with Crippen LogP contribution in [0.1, 0.15) is 104 Å². The Balaban J connectivity index is 0.000000135. The third-order valence-corrected chi connectivity index (χ3v) is 17.9. The fourth-order valence-electron chi connectivity index (χ4n) is 14.4. The molecule has 4 saturated carbocycles. The Kier molecular flexibility index (Phi) is 11.1. The van der Waals surface area contributed by atoms with E-state index in [1.54, 1.807) is 38.6 Å². The molecule has 5 heterocycles. The summed E-state index contributed by atoms with van der Waals surface area (Å²) in [7, 11) is 4.77. The van der Waals surface area contributed by atoms with Crippen molar-refractivity contribution >= 4 is 28.7 Å². The topological polar surface area (TPSA) is 245 Å². The third kappa shape index (κ3) is 6.35. The summed E-state index contributed by atoms with van der Waals surface area (Å²) in [5.41, 5.74) is -6.37. The summed E-state index contributed by atoms with van der Waals surface area (Å²) in [5.74, 6) is -0.485. The number of ketones is 2. The van der Waals surface area contributed by atoms with E-state index >= 15 is 0 Å². The van der Waals surface area contributed by atoms with Crippen molar-refractivity contribution in [3.63, 3.8) is 0 Å². The first kappa shape index (κ1) is 48.3. The van der Waals surface area contributed by atoms with Gasteiger partial charge >= 0.3 is 11.7 Å². The summed E-state index contributed by atoms with van der Waals surface area (Å²) in [6, 6.07) is 3.69. The SMILES string of the molecule is C=C[C@@]1(C)CC(=O)[C@]2(O)[C@@]3(C)[C@@H](O)CCC(C)(C)[C@@H]3[C@H](O)[C@H](OC(C)=O)[C@@]2(C)O1.Cn1c(=O)c2c(ncn2C)n(C)c1=O.O=C1CC[C@@]2(O)[C@H]3Cc4ccc(O)c5c4[C@@]2(CCN3CC2CC2)[C@H]1O5. The number of aliphatic hydroxyl groups is 4. The van der Waals surface area contributed by atoms with Gasteiger partial charge in [0.1, 0.15) is 5.60 Å². The van der Waals surface area contributed by atoms with Crippen LogP contribution < -0.4 is 16.0 Å². The number of rotatable bonds is 4. The smallest absolute Gasteiger partial charge is 0.332 e. The Morgan fingerprint density at radius 3 is 2.32 bits per heavy atom. The molecule has 6 fully saturated rings. The van der Waals surface area contributed by atoms with E-state index in [0.29, 0.717) is 42.6 Å². The van der Waals surface area contributed by atoms with Crippen LogP contribution in [0.5, 0.6) is 11.5 Å². The highest BCUT2D eigenvalue weighted by molar-refractivity contribution is 5.92. The second-order valence-electron chi connectivity index (χ2n) is 22.3. The molecule has 1 spiro atoms. The van der Waals surface area contributed by atoms with Gasteiger partial charge in [0.2, 0.25) is 0 Å². The van der Waals surface area contributed by atoms with Crippen molar-refractivity contribution in [2.24, 2.45) is 43.8 Å². The zero-order valence-corrected chi connectivity index (χ0v) is 40.6. The minimum absolute atomic E-state index is 0.0454. The van der Waals surface area contributed by atoms with Crippen LogP contribution in [0.25, 0.3) is 11.2 Å². The van der Waals surface area contributed by atoms with Gasteiger partial charge in [-0.3, -0.25) is 33.2 Å². The van der Waals surface area contributed by atoms with Crippen molar-refractivity contribution in [3.8, 4) is 11.5 Å². The van der Waals surface area contributed by atoms with E-state index in [1.807, 2.05) is 19.9 Å². The predicted octanol–water partition coefficient (Wildman–Crippen LogP) is 2.02. The summed E-state index contributed by atoms with van der Waals surface area (Å²) in [6.45, 7) is 15.6. The van der Waals surface area contributed by atoms with Gasteiger partial charge in [-0.15, -0.1) is 6.58 Å². The average molecular weight is 946 g/mol. The highest BCUT2D eigenvalue weighted by Crippen LogP contribution is 2.68. The van der Waals surface area contributed by atoms with E-state index in [0.717, 1.165) is 47.5 Å². The molecule has 0 radical (unpaired) electrons. The molecule has 3 aromatic rings. The van der Waals surface area contributed by atoms with E-state index in [-0.39, 0.29) is 35.2 Å². The number of likely N-dealkylation sites (tertiary alicyclic amines) is 1. The lowest BCUT2D eigenvalue weighted by atomic mass is 9.40. The summed E-state index contributed by atoms with van der Waals surface area (Å²) < 4.78 is 21.9. The number of aromatic hydroxyl groups is 1. The normalized spacial score (nSPS) is 39.5. The second kappa shape index (κ2) is 15.6. The van der Waals surface area contributed by atoms with Crippen molar-refractivity contribution in [2.75, 3.05) is 13.1 Å². The Morgan fingerprint density at radius 1 is 0.985 bits per heavy atom. The molecule has 0 unspecified atom stereocenters. The van der Waals surface area contributed by atoms with Gasteiger partial charge in [-0.05, 0) is 88.3 Å². The maximum atomic E-state index is 13.6. The van der Waals surface area contributed by atoms with Crippen LogP contribution in [0.3, 0.4) is 0 Å². The second-order valence-corrected chi connectivity index (χ2v) is 22.3. The first-order valence-electron chi connectivity index (χ1n) is 23.9. The predicted molar refractivity (Wildman–Crippen MR) is 246 cm³/mol. The molecule has 18 nitrogen and oxygen atoms in total. The molecule has 12 atom stereocenters. The molecule has 18 heteroatoms. The number of carbonyl (C=O) groups is 3. The monoisotopic (exact) mass is 945 g/mol. The largest absolute Gasteiger partial charge is 0.504 e. The lowest BCUT2D eigenvalue weighted by Gasteiger charge is -2.71. The molecule has 5 N–H and O–H groups in total. The number of ether oxygens (including phenoxy) is 3. The van der Waals surface area contributed by atoms with Crippen LogP contribution in [-0.4, -0.2) is 133 Å². The van der Waals surface area contributed by atoms with Crippen molar-refractivity contribution in [1.29, 1.82) is 0 Å². The third-order valence-electron chi connectivity index (χ3n) is 17.9. The fourth-order valence-corrected chi connectivity index (χ4v) is 14.4. The summed E-state index contributed by atoms with van der Waals surface area (Å²) in [6.07, 6.45) is 4.55. The number of hydrogen-bond acceptors (Lipinski definition) is 15. The number of phenolic OH excluding ortho intramolecular Hbond substituents is 1. The van der Waals surface area contributed by atoms with Gasteiger partial charge in [-0.1, -0.05) is 32.9 Å². The molecule has 0 amide bonds. The van der Waals surface area contributed by atoms with Crippen LogP contribution >= 0.6 is 0 Å². The molecule has 2 aromatic heterocycles. The highest BCUT2D eigenvalue weighted by atomic mass is 16.6. The van der Waals surface area contributed by atoms with Gasteiger partial charge in [0, 0.05) is 70.4 Å². The Bertz CT molecular complexity index is 2760. The first-order valence-corrected chi connectivity index (χ1v) is 23.9. The molecule has 2 saturated heterocycles. The number of imidazole rings is 1. The molecule has 11 rings (SSSR count). The number of fused-ring (bicyclic) bond motifs is 4. The van der Waals surface area contributed by atoms with Crippen molar-refractivity contribution < 1.29 is 54.1 Å². The van der Waals surface area contributed by atoms with Crippen LogP contribution in [0.4, 0.5) is 0 Å². The molecular weight excluding hydrogens is 879 g/mol. The van der Waals surface area contributed by atoms with Gasteiger partial charge in [-0.25, -0.2) is 9.78 Å². The van der Waals surface area contributed by atoms with Crippen LogP contribution in [0.2, 0.25) is 0 Å². The van der Waals surface area contributed by atoms with Gasteiger partial charge in [0.05, 0.1) is 35.2 Å². The molecule has 3 aliphatic heterocycles. The number of aryl methyl sites for hydroxylation is 2. The molecule has 68 heavy (non-hydrogen) atoms. The lowest BCUT2D eigenvalue weighted by molar-refractivity contribution is -0.370. The van der Waals surface area contributed by atoms with E-state index in [9.17, 15) is 49.5 Å². The van der Waals surface area contributed by atoms with Gasteiger partial charge in [-0.2, -0.15) is 0 Å². The zero-order valence-electron chi connectivity index (χ0n) is 40.6. The Morgan fingerprint density at radius 2 is 1.68 bits per heavy atom. The van der Waals surface area contributed by atoms with Crippen molar-refractivity contribution in [2.45, 2.75) is 158 Å². The standard InChI is InChI=1S/C22H34O7.C20H23NO4.C8H10N4O2/c1-8-19(5)11-14(25)22(27)20(6)13(24)9-10-18(3,4)16(20)15(26)17(28-12(2)23)21(22,7)29-19;22-13-4-3-12-9-15-20(24)6-5-14(23)18-19(20,16(12)17(13)25-18)7-8-21(15)10-11-1-2-11;1-10-4-9-6-5(10)7(13)12(3)8(14)11(6)2/h8,13,15-17,24,26-27H,1,9-11H2,2-7H3;3-4,11,15,18,22,24H,1-2,5-10H2;4H,1-3H3/t13-,15-,16-,17-,19-,20-,21+,22-;15-,18+,19+,20-;/m01./s1. The number of benzene rings is 1. The molecule has 5 aliphatic carbocycles.